The Hall–Kier alpha value is -3.56. The van der Waals surface area contributed by atoms with Gasteiger partial charge in [0.25, 0.3) is 0 Å². The smallest absolute Gasteiger partial charge is 0.407 e. The number of carboxylic acids is 1. The van der Waals surface area contributed by atoms with Crippen LogP contribution < -0.4 is 5.32 Å². The van der Waals surface area contributed by atoms with Crippen molar-refractivity contribution < 1.29 is 37.4 Å². The molecule has 0 radical (unpaired) electrons. The van der Waals surface area contributed by atoms with E-state index in [2.05, 4.69) is 5.32 Å². The zero-order valence-corrected chi connectivity index (χ0v) is 17.8. The molecule has 1 aliphatic carbocycles. The van der Waals surface area contributed by atoms with Crippen LogP contribution in [0.25, 0.3) is 11.1 Å². The Labute approximate surface area is 188 Å². The van der Waals surface area contributed by atoms with Crippen LogP contribution in [0.4, 0.5) is 18.0 Å². The number of carbonyl (C=O) groups is 3. The molecule has 1 aliphatic rings. The molecule has 0 saturated heterocycles. The summed E-state index contributed by atoms with van der Waals surface area (Å²) in [6.45, 7) is -0.617. The number of hydrogen-bond donors (Lipinski definition) is 2. The highest BCUT2D eigenvalue weighted by atomic mass is 19.4. The number of alkyl carbamates (subject to hydrolysis) is 1. The first-order valence-electron chi connectivity index (χ1n) is 10.3. The third-order valence-electron chi connectivity index (χ3n) is 5.38. The van der Waals surface area contributed by atoms with Crippen molar-refractivity contribution in [1.29, 1.82) is 0 Å². The molecule has 1 atom stereocenters. The zero-order chi connectivity index (χ0) is 24.2. The van der Waals surface area contributed by atoms with Gasteiger partial charge in [-0.25, -0.2) is 4.79 Å². The van der Waals surface area contributed by atoms with E-state index >= 15 is 0 Å². The third kappa shape index (κ3) is 5.82. The molecule has 3 rings (SSSR count). The van der Waals surface area contributed by atoms with Crippen LogP contribution in [0, 0.1) is 0 Å². The molecule has 0 bridgehead atoms. The summed E-state index contributed by atoms with van der Waals surface area (Å²) in [7, 11) is 0. The standard InChI is InChI=1S/C23H23F3N2O5/c1-2-28(13-23(24,25)26)21(31)19(11-20(29)30)27-22(32)33-12-18-16-9-5-3-7-14(16)15-8-4-6-10-17(15)18/h3-10,18-19H,2,11-13H2,1H3,(H,27,32)(H,29,30). The second kappa shape index (κ2) is 9.93. The first-order valence-corrected chi connectivity index (χ1v) is 10.3. The minimum atomic E-state index is -4.66. The van der Waals surface area contributed by atoms with Gasteiger partial charge >= 0.3 is 18.2 Å². The number of amides is 2. The van der Waals surface area contributed by atoms with E-state index in [9.17, 15) is 27.6 Å². The molecule has 7 nitrogen and oxygen atoms in total. The van der Waals surface area contributed by atoms with Crippen LogP contribution in [-0.4, -0.2) is 59.9 Å². The van der Waals surface area contributed by atoms with Crippen LogP contribution in [-0.2, 0) is 14.3 Å². The molecule has 176 valence electrons. The number of fused-ring (bicyclic) bond motifs is 3. The number of carbonyl (C=O) groups excluding carboxylic acids is 2. The first kappa shape index (κ1) is 24.1. The van der Waals surface area contributed by atoms with Crippen LogP contribution in [0.2, 0.25) is 0 Å². The van der Waals surface area contributed by atoms with Gasteiger partial charge in [-0.2, -0.15) is 13.2 Å². The Kier molecular flexibility index (Phi) is 7.25. The highest BCUT2D eigenvalue weighted by Crippen LogP contribution is 2.44. The molecule has 10 heteroatoms. The highest BCUT2D eigenvalue weighted by molar-refractivity contribution is 5.89. The van der Waals surface area contributed by atoms with Gasteiger partial charge in [-0.15, -0.1) is 0 Å². The summed E-state index contributed by atoms with van der Waals surface area (Å²) < 4.78 is 43.5. The fourth-order valence-electron chi connectivity index (χ4n) is 3.94. The quantitative estimate of drug-likeness (QED) is 0.620. The normalized spacial score (nSPS) is 13.6. The lowest BCUT2D eigenvalue weighted by Gasteiger charge is -2.27. The van der Waals surface area contributed by atoms with Gasteiger partial charge < -0.3 is 20.1 Å². The summed E-state index contributed by atoms with van der Waals surface area (Å²) >= 11 is 0. The second-order valence-corrected chi connectivity index (χ2v) is 7.59. The predicted molar refractivity (Wildman–Crippen MR) is 113 cm³/mol. The number of hydrogen-bond acceptors (Lipinski definition) is 4. The summed E-state index contributed by atoms with van der Waals surface area (Å²) in [5.74, 6) is -2.87. The molecule has 0 aromatic heterocycles. The van der Waals surface area contributed by atoms with Gasteiger partial charge in [0.2, 0.25) is 5.91 Å². The van der Waals surface area contributed by atoms with Gasteiger partial charge in [0.05, 0.1) is 6.42 Å². The van der Waals surface area contributed by atoms with E-state index in [0.717, 1.165) is 22.3 Å². The molecular weight excluding hydrogens is 441 g/mol. The van der Waals surface area contributed by atoms with Crippen LogP contribution in [0.15, 0.2) is 48.5 Å². The Morgan fingerprint density at radius 1 is 1.06 bits per heavy atom. The minimum absolute atomic E-state index is 0.0894. The molecule has 2 N–H and O–H groups in total. The van der Waals surface area contributed by atoms with Crippen molar-refractivity contribution in [3.8, 4) is 11.1 Å². The number of aliphatic carboxylic acids is 1. The number of rotatable bonds is 8. The number of benzene rings is 2. The highest BCUT2D eigenvalue weighted by Gasteiger charge is 2.36. The van der Waals surface area contributed by atoms with Crippen molar-refractivity contribution >= 4 is 18.0 Å². The summed E-state index contributed by atoms with van der Waals surface area (Å²) in [4.78, 5) is 36.5. The van der Waals surface area contributed by atoms with Crippen molar-refractivity contribution in [2.75, 3.05) is 19.7 Å². The topological polar surface area (TPSA) is 95.9 Å². The molecular formula is C23H23F3N2O5. The van der Waals surface area contributed by atoms with Crippen LogP contribution in [0.3, 0.4) is 0 Å². The average molecular weight is 464 g/mol. The minimum Gasteiger partial charge on any atom is -0.481 e. The average Bonchev–Trinajstić information content (AvgIpc) is 3.08. The van der Waals surface area contributed by atoms with Crippen molar-refractivity contribution in [1.82, 2.24) is 10.2 Å². The third-order valence-corrected chi connectivity index (χ3v) is 5.38. The van der Waals surface area contributed by atoms with Crippen LogP contribution in [0.5, 0.6) is 0 Å². The molecule has 0 heterocycles. The van der Waals surface area contributed by atoms with E-state index in [4.69, 9.17) is 9.84 Å². The van der Waals surface area contributed by atoms with Gasteiger partial charge in [0.1, 0.15) is 19.2 Å². The Balaban J connectivity index is 1.70. The molecule has 2 aromatic carbocycles. The van der Waals surface area contributed by atoms with Gasteiger partial charge in [-0.3, -0.25) is 9.59 Å². The molecule has 0 fully saturated rings. The fourth-order valence-corrected chi connectivity index (χ4v) is 3.94. The summed E-state index contributed by atoms with van der Waals surface area (Å²) in [6, 6.07) is 13.6. The van der Waals surface area contributed by atoms with E-state index < -0.39 is 43.2 Å². The molecule has 2 amide bonds. The van der Waals surface area contributed by atoms with Crippen LogP contribution >= 0.6 is 0 Å². The Bertz CT molecular complexity index is 995. The Morgan fingerprint density at radius 3 is 2.09 bits per heavy atom. The van der Waals surface area contributed by atoms with Gasteiger partial charge in [0.15, 0.2) is 0 Å². The number of nitrogens with one attached hydrogen (secondary N) is 1. The van der Waals surface area contributed by atoms with Crippen molar-refractivity contribution in [3.63, 3.8) is 0 Å². The van der Waals surface area contributed by atoms with Crippen molar-refractivity contribution in [3.05, 3.63) is 59.7 Å². The molecule has 0 spiro atoms. The van der Waals surface area contributed by atoms with E-state index in [-0.39, 0.29) is 19.1 Å². The van der Waals surface area contributed by atoms with Gasteiger partial charge in [0, 0.05) is 12.5 Å². The monoisotopic (exact) mass is 464 g/mol. The fraction of sp³-hybridized carbons (Fsp3) is 0.348. The van der Waals surface area contributed by atoms with Gasteiger partial charge in [-0.1, -0.05) is 48.5 Å². The SMILES string of the molecule is CCN(CC(F)(F)F)C(=O)C(CC(=O)O)NC(=O)OCC1c2ccccc2-c2ccccc21. The molecule has 1 unspecified atom stereocenters. The molecule has 2 aromatic rings. The summed E-state index contributed by atoms with van der Waals surface area (Å²) in [6.07, 6.45) is -6.62. The molecule has 33 heavy (non-hydrogen) atoms. The molecule has 0 aliphatic heterocycles. The maximum atomic E-state index is 12.8. The maximum Gasteiger partial charge on any atom is 0.407 e. The first-order chi connectivity index (χ1) is 15.6. The number of ether oxygens (including phenoxy) is 1. The van der Waals surface area contributed by atoms with E-state index in [1.807, 2.05) is 48.5 Å². The van der Waals surface area contributed by atoms with Crippen LogP contribution in [0.1, 0.15) is 30.4 Å². The number of halogens is 3. The summed E-state index contributed by atoms with van der Waals surface area (Å²) in [5, 5.41) is 11.2. The second-order valence-electron chi connectivity index (χ2n) is 7.59. The number of nitrogens with zero attached hydrogens (tertiary/aromatic N) is 1. The van der Waals surface area contributed by atoms with Crippen molar-refractivity contribution in [2.24, 2.45) is 0 Å². The lowest BCUT2D eigenvalue weighted by Crippen LogP contribution is -2.51. The van der Waals surface area contributed by atoms with E-state index in [0.29, 0.717) is 4.90 Å². The van der Waals surface area contributed by atoms with E-state index in [1.54, 1.807) is 0 Å². The lowest BCUT2D eigenvalue weighted by atomic mass is 9.98. The number of carboxylic acid groups (broad SMARTS) is 1. The largest absolute Gasteiger partial charge is 0.481 e. The Morgan fingerprint density at radius 2 is 1.61 bits per heavy atom. The lowest BCUT2D eigenvalue weighted by molar-refractivity contribution is -0.162. The van der Waals surface area contributed by atoms with Crippen molar-refractivity contribution in [2.45, 2.75) is 31.5 Å². The summed E-state index contributed by atoms with van der Waals surface area (Å²) in [5.41, 5.74) is 3.91. The number of alkyl halides is 3. The van der Waals surface area contributed by atoms with E-state index in [1.165, 1.54) is 6.92 Å². The van der Waals surface area contributed by atoms with Gasteiger partial charge in [-0.05, 0) is 29.2 Å². The zero-order valence-electron chi connectivity index (χ0n) is 17.8. The number of likely N-dealkylation sites (N-methyl/N-ethyl adjacent to an activating group) is 1. The maximum absolute atomic E-state index is 12.8. The molecule has 0 saturated carbocycles. The predicted octanol–water partition coefficient (Wildman–Crippen LogP) is 3.78.